The van der Waals surface area contributed by atoms with Crippen molar-refractivity contribution in [1.29, 1.82) is 0 Å². The van der Waals surface area contributed by atoms with Crippen molar-refractivity contribution in [3.8, 4) is 11.8 Å². The van der Waals surface area contributed by atoms with E-state index in [9.17, 15) is 0 Å². The van der Waals surface area contributed by atoms with Crippen LogP contribution in [0.1, 0.15) is 45.1 Å². The fraction of sp³-hybridized carbons (Fsp3) is 0.556. The zero-order valence-corrected chi connectivity index (χ0v) is 12.2. The standard InChI is InChI=1S/C18H25N/c1-15(2)17-12-6-7-13-18(17)19-14-8-11-16-9-4-3-5-10-16/h3-5,9-10,15,17-19H,6-7,12-14H2,1-2H3. The second kappa shape index (κ2) is 7.36. The maximum absolute atomic E-state index is 3.65. The van der Waals surface area contributed by atoms with Crippen molar-refractivity contribution >= 4 is 0 Å². The molecule has 1 fully saturated rings. The Bertz CT molecular complexity index is 424. The Balaban J connectivity index is 1.83. The predicted molar refractivity (Wildman–Crippen MR) is 81.9 cm³/mol. The molecule has 0 radical (unpaired) electrons. The first-order valence-corrected chi connectivity index (χ1v) is 7.54. The summed E-state index contributed by atoms with van der Waals surface area (Å²) in [6.07, 6.45) is 5.46. The summed E-state index contributed by atoms with van der Waals surface area (Å²) in [4.78, 5) is 0. The second-order valence-electron chi connectivity index (χ2n) is 5.85. The van der Waals surface area contributed by atoms with Crippen LogP contribution in [-0.2, 0) is 0 Å². The van der Waals surface area contributed by atoms with Crippen LogP contribution in [0.3, 0.4) is 0 Å². The van der Waals surface area contributed by atoms with Gasteiger partial charge in [-0.3, -0.25) is 0 Å². The fourth-order valence-electron chi connectivity index (χ4n) is 3.06. The number of nitrogens with one attached hydrogen (secondary N) is 1. The van der Waals surface area contributed by atoms with E-state index in [0.717, 1.165) is 23.9 Å². The summed E-state index contributed by atoms with van der Waals surface area (Å²) in [6, 6.07) is 10.9. The Kier molecular flexibility index (Phi) is 5.48. The highest BCUT2D eigenvalue weighted by atomic mass is 14.9. The van der Waals surface area contributed by atoms with Gasteiger partial charge in [0.25, 0.3) is 0 Å². The molecule has 1 N–H and O–H groups in total. The van der Waals surface area contributed by atoms with Gasteiger partial charge in [-0.15, -0.1) is 0 Å². The lowest BCUT2D eigenvalue weighted by molar-refractivity contribution is 0.211. The maximum Gasteiger partial charge on any atom is 0.0582 e. The van der Waals surface area contributed by atoms with Crippen LogP contribution < -0.4 is 5.32 Å². The molecule has 1 nitrogen and oxygen atoms in total. The van der Waals surface area contributed by atoms with E-state index in [2.05, 4.69) is 43.1 Å². The first-order chi connectivity index (χ1) is 9.27. The van der Waals surface area contributed by atoms with Gasteiger partial charge in [-0.05, 0) is 36.8 Å². The van der Waals surface area contributed by atoms with Crippen LogP contribution in [0.5, 0.6) is 0 Å². The van der Waals surface area contributed by atoms with Gasteiger partial charge in [0, 0.05) is 11.6 Å². The Morgan fingerprint density at radius 3 is 2.63 bits per heavy atom. The minimum absolute atomic E-state index is 0.666. The molecule has 1 aromatic rings. The molecule has 1 aliphatic rings. The number of rotatable bonds is 3. The summed E-state index contributed by atoms with van der Waals surface area (Å²) in [5.41, 5.74) is 1.10. The highest BCUT2D eigenvalue weighted by Crippen LogP contribution is 2.29. The first kappa shape index (κ1) is 14.2. The maximum atomic E-state index is 3.65. The van der Waals surface area contributed by atoms with Crippen molar-refractivity contribution in [1.82, 2.24) is 5.32 Å². The Labute approximate surface area is 117 Å². The summed E-state index contributed by atoms with van der Waals surface area (Å²) in [6.45, 7) is 5.50. The highest BCUT2D eigenvalue weighted by Gasteiger charge is 2.26. The van der Waals surface area contributed by atoms with Crippen molar-refractivity contribution in [3.63, 3.8) is 0 Å². The third kappa shape index (κ3) is 4.40. The van der Waals surface area contributed by atoms with E-state index in [4.69, 9.17) is 0 Å². The molecule has 0 bridgehead atoms. The molecule has 2 rings (SSSR count). The van der Waals surface area contributed by atoms with E-state index >= 15 is 0 Å². The molecule has 2 atom stereocenters. The van der Waals surface area contributed by atoms with Crippen molar-refractivity contribution < 1.29 is 0 Å². The Morgan fingerprint density at radius 2 is 1.89 bits per heavy atom. The third-order valence-electron chi connectivity index (χ3n) is 4.13. The monoisotopic (exact) mass is 255 g/mol. The molecule has 1 heteroatoms. The second-order valence-corrected chi connectivity index (χ2v) is 5.85. The lowest BCUT2D eigenvalue weighted by Crippen LogP contribution is -2.41. The average Bonchev–Trinajstić information content (AvgIpc) is 2.45. The van der Waals surface area contributed by atoms with Crippen LogP contribution in [0.2, 0.25) is 0 Å². The molecule has 102 valence electrons. The van der Waals surface area contributed by atoms with Gasteiger partial charge in [0.05, 0.1) is 6.54 Å². The van der Waals surface area contributed by atoms with Crippen LogP contribution >= 0.6 is 0 Å². The van der Waals surface area contributed by atoms with E-state index in [1.165, 1.54) is 25.7 Å². The fourth-order valence-corrected chi connectivity index (χ4v) is 3.06. The molecule has 0 aromatic heterocycles. The van der Waals surface area contributed by atoms with E-state index < -0.39 is 0 Å². The summed E-state index contributed by atoms with van der Waals surface area (Å²) in [7, 11) is 0. The SMILES string of the molecule is CC(C)C1CCCCC1NCC#Cc1ccccc1. The summed E-state index contributed by atoms with van der Waals surface area (Å²) in [5, 5.41) is 3.65. The van der Waals surface area contributed by atoms with Gasteiger partial charge in [-0.25, -0.2) is 0 Å². The topological polar surface area (TPSA) is 12.0 Å². The quantitative estimate of drug-likeness (QED) is 0.809. The molecule has 1 saturated carbocycles. The van der Waals surface area contributed by atoms with Gasteiger partial charge in [0.1, 0.15) is 0 Å². The smallest absolute Gasteiger partial charge is 0.0582 e. The highest BCUT2D eigenvalue weighted by molar-refractivity contribution is 5.33. The first-order valence-electron chi connectivity index (χ1n) is 7.54. The van der Waals surface area contributed by atoms with E-state index in [-0.39, 0.29) is 0 Å². The zero-order valence-electron chi connectivity index (χ0n) is 12.2. The largest absolute Gasteiger partial charge is 0.303 e. The number of hydrogen-bond donors (Lipinski definition) is 1. The zero-order chi connectivity index (χ0) is 13.5. The minimum atomic E-state index is 0.666. The van der Waals surface area contributed by atoms with Crippen LogP contribution in [0.25, 0.3) is 0 Å². The van der Waals surface area contributed by atoms with Gasteiger partial charge in [0.15, 0.2) is 0 Å². The molecule has 0 spiro atoms. The molecule has 1 aliphatic carbocycles. The molecule has 0 amide bonds. The van der Waals surface area contributed by atoms with Crippen LogP contribution in [0, 0.1) is 23.7 Å². The third-order valence-corrected chi connectivity index (χ3v) is 4.13. The van der Waals surface area contributed by atoms with Crippen molar-refractivity contribution in [3.05, 3.63) is 35.9 Å². The summed E-state index contributed by atoms with van der Waals surface area (Å²) < 4.78 is 0. The number of hydrogen-bond acceptors (Lipinski definition) is 1. The van der Waals surface area contributed by atoms with E-state index in [1.54, 1.807) is 0 Å². The molecular formula is C18H25N. The van der Waals surface area contributed by atoms with Crippen LogP contribution in [0.4, 0.5) is 0 Å². The van der Waals surface area contributed by atoms with E-state index in [1.807, 2.05) is 18.2 Å². The van der Waals surface area contributed by atoms with Crippen LogP contribution in [-0.4, -0.2) is 12.6 Å². The average molecular weight is 255 g/mol. The lowest BCUT2D eigenvalue weighted by atomic mass is 9.78. The minimum Gasteiger partial charge on any atom is -0.303 e. The molecule has 0 saturated heterocycles. The molecular weight excluding hydrogens is 230 g/mol. The predicted octanol–water partition coefficient (Wildman–Crippen LogP) is 3.84. The number of benzene rings is 1. The van der Waals surface area contributed by atoms with Gasteiger partial charge in [-0.1, -0.05) is 56.7 Å². The summed E-state index contributed by atoms with van der Waals surface area (Å²) >= 11 is 0. The van der Waals surface area contributed by atoms with Crippen LogP contribution in [0.15, 0.2) is 30.3 Å². The summed E-state index contributed by atoms with van der Waals surface area (Å²) in [5.74, 6) is 8.07. The normalized spacial score (nSPS) is 22.9. The Morgan fingerprint density at radius 1 is 1.16 bits per heavy atom. The van der Waals surface area contributed by atoms with E-state index in [0.29, 0.717) is 6.04 Å². The lowest BCUT2D eigenvalue weighted by Gasteiger charge is -2.34. The van der Waals surface area contributed by atoms with Gasteiger partial charge in [-0.2, -0.15) is 0 Å². The van der Waals surface area contributed by atoms with Gasteiger partial charge >= 0.3 is 0 Å². The molecule has 19 heavy (non-hydrogen) atoms. The van der Waals surface area contributed by atoms with Gasteiger partial charge < -0.3 is 5.32 Å². The van der Waals surface area contributed by atoms with Crippen molar-refractivity contribution in [2.75, 3.05) is 6.54 Å². The molecule has 1 aromatic carbocycles. The Hall–Kier alpha value is -1.26. The van der Waals surface area contributed by atoms with Crippen molar-refractivity contribution in [2.24, 2.45) is 11.8 Å². The van der Waals surface area contributed by atoms with Gasteiger partial charge in [0.2, 0.25) is 0 Å². The molecule has 2 unspecified atom stereocenters. The van der Waals surface area contributed by atoms with Crippen molar-refractivity contribution in [2.45, 2.75) is 45.6 Å². The molecule has 0 heterocycles. The molecule has 0 aliphatic heterocycles.